The lowest BCUT2D eigenvalue weighted by Gasteiger charge is -2.38. The van der Waals surface area contributed by atoms with Crippen LogP contribution in [0.3, 0.4) is 0 Å². The van der Waals surface area contributed by atoms with Gasteiger partial charge in [0.2, 0.25) is 5.89 Å². The third kappa shape index (κ3) is 3.09. The van der Waals surface area contributed by atoms with Crippen molar-refractivity contribution < 1.29 is 4.52 Å². The second kappa shape index (κ2) is 6.27. The van der Waals surface area contributed by atoms with E-state index in [9.17, 15) is 0 Å². The lowest BCUT2D eigenvalue weighted by Crippen LogP contribution is -2.44. The van der Waals surface area contributed by atoms with Crippen LogP contribution in [0.5, 0.6) is 0 Å². The number of aryl methyl sites for hydroxylation is 2. The fourth-order valence-electron chi connectivity index (χ4n) is 3.73. The first-order valence-electron chi connectivity index (χ1n) is 9.09. The van der Waals surface area contributed by atoms with E-state index in [1.165, 1.54) is 32.1 Å². The van der Waals surface area contributed by atoms with E-state index in [4.69, 9.17) is 4.52 Å². The van der Waals surface area contributed by atoms with Crippen molar-refractivity contribution in [2.24, 2.45) is 0 Å². The molecule has 0 bridgehead atoms. The van der Waals surface area contributed by atoms with E-state index in [0.717, 1.165) is 36.5 Å². The van der Waals surface area contributed by atoms with Gasteiger partial charge in [-0.1, -0.05) is 11.6 Å². The molecule has 7 nitrogen and oxygen atoms in total. The Kier molecular flexibility index (Phi) is 4.12. The summed E-state index contributed by atoms with van der Waals surface area (Å²) in [5, 5.41) is 8.71. The maximum atomic E-state index is 5.57. The van der Waals surface area contributed by atoms with Crippen LogP contribution in [-0.2, 0) is 6.54 Å². The van der Waals surface area contributed by atoms with Gasteiger partial charge in [0, 0.05) is 12.0 Å². The van der Waals surface area contributed by atoms with E-state index in [1.807, 2.05) is 18.5 Å². The summed E-state index contributed by atoms with van der Waals surface area (Å²) in [5.41, 5.74) is 0. The molecule has 1 saturated carbocycles. The minimum atomic E-state index is 0.153. The van der Waals surface area contributed by atoms with E-state index in [-0.39, 0.29) is 6.04 Å². The molecule has 0 amide bonds. The van der Waals surface area contributed by atoms with Gasteiger partial charge in [0.1, 0.15) is 11.6 Å². The zero-order valence-corrected chi connectivity index (χ0v) is 14.8. The number of likely N-dealkylation sites (tertiary alicyclic amines) is 1. The zero-order chi connectivity index (χ0) is 16.7. The Labute approximate surface area is 142 Å². The maximum absolute atomic E-state index is 5.57. The molecule has 0 unspecified atom stereocenters. The van der Waals surface area contributed by atoms with Crippen LogP contribution in [0.4, 0.5) is 0 Å². The highest BCUT2D eigenvalue weighted by Crippen LogP contribution is 2.39. The van der Waals surface area contributed by atoms with E-state index in [1.54, 1.807) is 0 Å². The predicted octanol–water partition coefficient (Wildman–Crippen LogP) is 2.77. The number of nitrogens with zero attached hydrogens (tertiary/aromatic N) is 6. The van der Waals surface area contributed by atoms with Crippen LogP contribution in [0.2, 0.25) is 0 Å². The average molecular weight is 330 g/mol. The molecule has 2 fully saturated rings. The van der Waals surface area contributed by atoms with Gasteiger partial charge in [-0.25, -0.2) is 9.67 Å². The lowest BCUT2D eigenvalue weighted by atomic mass is 10.00. The summed E-state index contributed by atoms with van der Waals surface area (Å²) >= 11 is 0. The SMILES string of the molecule is Cc1nc(C)n(C[C@H]2CCCCN2[C@@H](C)c2nc(C3CC3)no2)n1. The number of aromatic nitrogens is 5. The summed E-state index contributed by atoms with van der Waals surface area (Å²) in [6.45, 7) is 8.10. The molecular weight excluding hydrogens is 304 g/mol. The summed E-state index contributed by atoms with van der Waals surface area (Å²) in [7, 11) is 0. The summed E-state index contributed by atoms with van der Waals surface area (Å²) in [4.78, 5) is 11.6. The number of hydrogen-bond acceptors (Lipinski definition) is 6. The molecule has 1 aliphatic carbocycles. The molecule has 0 N–H and O–H groups in total. The minimum Gasteiger partial charge on any atom is -0.338 e. The second-order valence-corrected chi connectivity index (χ2v) is 7.22. The smallest absolute Gasteiger partial charge is 0.243 e. The largest absolute Gasteiger partial charge is 0.338 e. The van der Waals surface area contributed by atoms with Crippen LogP contribution < -0.4 is 0 Å². The van der Waals surface area contributed by atoms with E-state index in [2.05, 4.69) is 32.0 Å². The molecule has 2 atom stereocenters. The molecule has 130 valence electrons. The van der Waals surface area contributed by atoms with Crippen molar-refractivity contribution in [3.8, 4) is 0 Å². The normalized spacial score (nSPS) is 23.5. The van der Waals surface area contributed by atoms with Crippen molar-refractivity contribution in [2.45, 2.75) is 77.4 Å². The van der Waals surface area contributed by atoms with Gasteiger partial charge < -0.3 is 4.52 Å². The Hall–Kier alpha value is -1.76. The third-order valence-corrected chi connectivity index (χ3v) is 5.27. The fraction of sp³-hybridized carbons (Fsp3) is 0.765. The summed E-state index contributed by atoms with van der Waals surface area (Å²) < 4.78 is 7.61. The Balaban J connectivity index is 1.50. The van der Waals surface area contributed by atoms with Gasteiger partial charge >= 0.3 is 0 Å². The van der Waals surface area contributed by atoms with Crippen molar-refractivity contribution in [1.29, 1.82) is 0 Å². The first-order valence-corrected chi connectivity index (χ1v) is 9.09. The molecule has 1 aliphatic heterocycles. The Morgan fingerprint density at radius 2 is 2.00 bits per heavy atom. The molecule has 1 saturated heterocycles. The van der Waals surface area contributed by atoms with Crippen molar-refractivity contribution in [2.75, 3.05) is 6.54 Å². The van der Waals surface area contributed by atoms with Crippen molar-refractivity contribution in [1.82, 2.24) is 29.8 Å². The average Bonchev–Trinajstić information content (AvgIpc) is 3.22. The van der Waals surface area contributed by atoms with Crippen LogP contribution in [-0.4, -0.2) is 42.4 Å². The topological polar surface area (TPSA) is 72.9 Å². The number of piperidine rings is 1. The van der Waals surface area contributed by atoms with Crippen LogP contribution >= 0.6 is 0 Å². The Morgan fingerprint density at radius 3 is 2.71 bits per heavy atom. The minimum absolute atomic E-state index is 0.153. The fourth-order valence-corrected chi connectivity index (χ4v) is 3.73. The molecule has 7 heteroatoms. The van der Waals surface area contributed by atoms with Gasteiger partial charge in [0.15, 0.2) is 5.82 Å². The third-order valence-electron chi connectivity index (χ3n) is 5.27. The van der Waals surface area contributed by atoms with Gasteiger partial charge in [-0.2, -0.15) is 10.1 Å². The van der Waals surface area contributed by atoms with Crippen LogP contribution in [0.25, 0.3) is 0 Å². The molecule has 2 aliphatic rings. The first kappa shape index (κ1) is 15.7. The standard InChI is InChI=1S/C17H26N6O/c1-11(17-19-16(21-24-17)14-7-8-14)22-9-5-4-6-15(22)10-23-13(3)18-12(2)20-23/h11,14-15H,4-10H2,1-3H3/t11-,15+/m0/s1. The molecule has 0 aromatic carbocycles. The van der Waals surface area contributed by atoms with Gasteiger partial charge in [0.05, 0.1) is 12.6 Å². The first-order chi connectivity index (χ1) is 11.6. The maximum Gasteiger partial charge on any atom is 0.243 e. The zero-order valence-electron chi connectivity index (χ0n) is 14.8. The van der Waals surface area contributed by atoms with E-state index < -0.39 is 0 Å². The number of hydrogen-bond donors (Lipinski definition) is 0. The van der Waals surface area contributed by atoms with E-state index >= 15 is 0 Å². The summed E-state index contributed by atoms with van der Waals surface area (Å²) in [6.07, 6.45) is 6.05. The molecule has 0 radical (unpaired) electrons. The molecule has 3 heterocycles. The lowest BCUT2D eigenvalue weighted by molar-refractivity contribution is 0.0714. The van der Waals surface area contributed by atoms with Gasteiger partial charge in [-0.15, -0.1) is 0 Å². The monoisotopic (exact) mass is 330 g/mol. The van der Waals surface area contributed by atoms with Crippen LogP contribution in [0, 0.1) is 13.8 Å². The molecular formula is C17H26N6O. The molecule has 4 rings (SSSR count). The molecule has 0 spiro atoms. The predicted molar refractivity (Wildman–Crippen MR) is 88.5 cm³/mol. The van der Waals surface area contributed by atoms with Crippen molar-refractivity contribution >= 4 is 0 Å². The second-order valence-electron chi connectivity index (χ2n) is 7.22. The highest BCUT2D eigenvalue weighted by molar-refractivity contribution is 5.05. The summed E-state index contributed by atoms with van der Waals surface area (Å²) in [6, 6.07) is 0.588. The highest BCUT2D eigenvalue weighted by atomic mass is 16.5. The Morgan fingerprint density at radius 1 is 1.17 bits per heavy atom. The quantitative estimate of drug-likeness (QED) is 0.839. The van der Waals surface area contributed by atoms with Gasteiger partial charge in [0.25, 0.3) is 0 Å². The summed E-state index contributed by atoms with van der Waals surface area (Å²) in [5.74, 6) is 4.02. The van der Waals surface area contributed by atoms with Crippen LogP contribution in [0.1, 0.15) is 74.4 Å². The molecule has 24 heavy (non-hydrogen) atoms. The highest BCUT2D eigenvalue weighted by Gasteiger charge is 2.33. The van der Waals surface area contributed by atoms with Crippen LogP contribution in [0.15, 0.2) is 4.52 Å². The van der Waals surface area contributed by atoms with Gasteiger partial charge in [-0.3, -0.25) is 4.90 Å². The van der Waals surface area contributed by atoms with Gasteiger partial charge in [-0.05, 0) is 53.0 Å². The van der Waals surface area contributed by atoms with E-state index in [0.29, 0.717) is 12.0 Å². The van der Waals surface area contributed by atoms with Crippen molar-refractivity contribution in [3.63, 3.8) is 0 Å². The Bertz CT molecular complexity index is 704. The van der Waals surface area contributed by atoms with Crippen molar-refractivity contribution in [3.05, 3.63) is 23.4 Å². The number of rotatable bonds is 5. The molecule has 2 aromatic heterocycles. The molecule has 2 aromatic rings.